The zero-order valence-electron chi connectivity index (χ0n) is 10.2. The topological polar surface area (TPSA) is 80.4 Å². The number of hydrogen-bond acceptors (Lipinski definition) is 4. The summed E-state index contributed by atoms with van der Waals surface area (Å²) in [6, 6.07) is 14.1. The van der Waals surface area contributed by atoms with E-state index in [4.69, 9.17) is 5.73 Å². The van der Waals surface area contributed by atoms with Gasteiger partial charge >= 0.3 is 117 Å². The SMILES string of the molecule is C[S](=O)(=O)[Pd]([OH])[c]1ccccc1-c1ccccc1N. The third-order valence-corrected chi connectivity index (χ3v) is 8.40. The van der Waals surface area contributed by atoms with E-state index in [2.05, 4.69) is 0 Å². The van der Waals surface area contributed by atoms with E-state index in [1.54, 1.807) is 30.3 Å². The Morgan fingerprint density at radius 2 is 1.53 bits per heavy atom. The molecule has 0 unspecified atom stereocenters. The van der Waals surface area contributed by atoms with Crippen molar-refractivity contribution in [2.75, 3.05) is 12.0 Å². The molecule has 0 aliphatic rings. The van der Waals surface area contributed by atoms with Crippen molar-refractivity contribution < 1.29 is 28.1 Å². The molecule has 0 saturated heterocycles. The van der Waals surface area contributed by atoms with E-state index in [9.17, 15) is 12.2 Å². The van der Waals surface area contributed by atoms with Crippen LogP contribution in [0.15, 0.2) is 48.5 Å². The fourth-order valence-corrected chi connectivity index (χ4v) is 5.50. The van der Waals surface area contributed by atoms with E-state index in [-0.39, 0.29) is 0 Å². The van der Waals surface area contributed by atoms with Crippen LogP contribution in [0.3, 0.4) is 0 Å². The van der Waals surface area contributed by atoms with Gasteiger partial charge in [-0.25, -0.2) is 0 Å². The predicted octanol–water partition coefficient (Wildman–Crippen LogP) is 1.05. The average Bonchev–Trinajstić information content (AvgIpc) is 2.37. The number of nitrogen functional groups attached to an aromatic ring is 1. The van der Waals surface area contributed by atoms with Gasteiger partial charge in [-0.15, -0.1) is 0 Å². The fourth-order valence-electron chi connectivity index (χ4n) is 1.65. The van der Waals surface area contributed by atoms with Gasteiger partial charge in [0, 0.05) is 0 Å². The summed E-state index contributed by atoms with van der Waals surface area (Å²) in [6.07, 6.45) is 1.05. The molecule has 0 aromatic heterocycles. The second-order valence-electron chi connectivity index (χ2n) is 3.86. The Kier molecular flexibility index (Phi) is 4.07. The minimum atomic E-state index is -3.47. The molecule has 2 rings (SSSR count). The molecule has 0 radical (unpaired) electrons. The minimum absolute atomic E-state index is 0.453. The van der Waals surface area contributed by atoms with Crippen LogP contribution in [-0.2, 0) is 23.5 Å². The first-order chi connectivity index (χ1) is 8.91. The number of anilines is 1. The first-order valence-electron chi connectivity index (χ1n) is 5.36. The van der Waals surface area contributed by atoms with Crippen LogP contribution in [0, 0.1) is 0 Å². The van der Waals surface area contributed by atoms with Crippen molar-refractivity contribution in [1.29, 1.82) is 0 Å². The van der Waals surface area contributed by atoms with Crippen LogP contribution in [0.5, 0.6) is 0 Å². The normalized spacial score (nSPS) is 12.2. The van der Waals surface area contributed by atoms with Crippen LogP contribution in [0.2, 0.25) is 0 Å². The van der Waals surface area contributed by atoms with Gasteiger partial charge in [0.15, 0.2) is 0 Å². The zero-order chi connectivity index (χ0) is 14.0. The zero-order valence-corrected chi connectivity index (χ0v) is 12.6. The molecule has 105 valence electrons. The van der Waals surface area contributed by atoms with Crippen LogP contribution in [0.4, 0.5) is 5.69 Å². The number of para-hydroxylation sites is 1. The summed E-state index contributed by atoms with van der Waals surface area (Å²) in [4.78, 5) is 0. The van der Waals surface area contributed by atoms with E-state index < -0.39 is 23.5 Å². The van der Waals surface area contributed by atoms with Crippen molar-refractivity contribution in [1.82, 2.24) is 0 Å². The van der Waals surface area contributed by atoms with Crippen molar-refractivity contribution in [3.63, 3.8) is 0 Å². The molecule has 0 spiro atoms. The molecular formula is C13H14NO3PdS. The molecule has 0 atom stereocenters. The Morgan fingerprint density at radius 3 is 2.11 bits per heavy atom. The average molecular weight is 371 g/mol. The molecule has 0 amide bonds. The van der Waals surface area contributed by atoms with Crippen molar-refractivity contribution in [2.24, 2.45) is 0 Å². The molecule has 0 heterocycles. The second-order valence-corrected chi connectivity index (χ2v) is 11.8. The molecule has 6 heteroatoms. The van der Waals surface area contributed by atoms with Crippen LogP contribution in [-0.4, -0.2) is 18.5 Å². The van der Waals surface area contributed by atoms with Gasteiger partial charge in [-0.05, 0) is 0 Å². The summed E-state index contributed by atoms with van der Waals surface area (Å²) in [6.45, 7) is 0. The first kappa shape index (κ1) is 14.2. The molecule has 0 aliphatic carbocycles. The van der Waals surface area contributed by atoms with Gasteiger partial charge in [0.2, 0.25) is 0 Å². The standard InChI is InChI=1S/C12H10N.CH3O2S.H2O.Pd/c13-12-9-5-4-8-11(12)10-6-2-1-3-7-10;1-4(2)3;;/h1-6,8-9H,13H2;1H3;1H2;/q;;;+1/p-1. The van der Waals surface area contributed by atoms with Gasteiger partial charge in [0.05, 0.1) is 0 Å². The van der Waals surface area contributed by atoms with Crippen LogP contribution >= 0.6 is 0 Å². The van der Waals surface area contributed by atoms with Gasteiger partial charge in [0.1, 0.15) is 0 Å². The first-order valence-corrected chi connectivity index (χ1v) is 10.5. The van der Waals surface area contributed by atoms with Crippen molar-refractivity contribution in [3.05, 3.63) is 48.5 Å². The van der Waals surface area contributed by atoms with E-state index in [1.165, 1.54) is 0 Å². The fraction of sp³-hybridized carbons (Fsp3) is 0.0769. The number of benzene rings is 2. The van der Waals surface area contributed by atoms with Gasteiger partial charge in [-0.1, -0.05) is 0 Å². The van der Waals surface area contributed by atoms with Crippen molar-refractivity contribution in [2.45, 2.75) is 0 Å². The molecule has 2 aromatic rings. The van der Waals surface area contributed by atoms with E-state index in [1.807, 2.05) is 18.2 Å². The molecule has 19 heavy (non-hydrogen) atoms. The van der Waals surface area contributed by atoms with Gasteiger partial charge in [-0.2, -0.15) is 0 Å². The summed E-state index contributed by atoms with van der Waals surface area (Å²) >= 11 is -2.82. The molecule has 4 nitrogen and oxygen atoms in total. The summed E-state index contributed by atoms with van der Waals surface area (Å²) in [5.74, 6) is 0. The summed E-state index contributed by atoms with van der Waals surface area (Å²) < 4.78 is 33.7. The van der Waals surface area contributed by atoms with Gasteiger partial charge < -0.3 is 0 Å². The molecular weight excluding hydrogens is 357 g/mol. The van der Waals surface area contributed by atoms with E-state index in [0.717, 1.165) is 11.8 Å². The quantitative estimate of drug-likeness (QED) is 0.625. The summed E-state index contributed by atoms with van der Waals surface area (Å²) in [5.41, 5.74) is 7.88. The van der Waals surface area contributed by atoms with Crippen LogP contribution < -0.4 is 9.77 Å². The molecule has 0 aliphatic heterocycles. The Bertz CT molecular complexity index is 701. The number of nitrogens with two attached hydrogens (primary N) is 1. The predicted molar refractivity (Wildman–Crippen MR) is 73.0 cm³/mol. The van der Waals surface area contributed by atoms with Crippen LogP contribution in [0.1, 0.15) is 0 Å². The maximum atomic E-state index is 11.6. The van der Waals surface area contributed by atoms with Crippen molar-refractivity contribution >= 4 is 17.4 Å². The van der Waals surface area contributed by atoms with Gasteiger partial charge in [0.25, 0.3) is 0 Å². The maximum absolute atomic E-state index is 11.6. The summed E-state index contributed by atoms with van der Waals surface area (Å²) in [7, 11) is -3.47. The molecule has 2 aromatic carbocycles. The van der Waals surface area contributed by atoms with Crippen LogP contribution in [0.25, 0.3) is 11.1 Å². The Balaban J connectivity index is 2.64. The monoisotopic (exact) mass is 370 g/mol. The number of rotatable bonds is 3. The third kappa shape index (κ3) is 3.04. The Morgan fingerprint density at radius 1 is 1.00 bits per heavy atom. The number of hydrogen-bond donors (Lipinski definition) is 2. The van der Waals surface area contributed by atoms with E-state index in [0.29, 0.717) is 15.3 Å². The molecule has 0 fully saturated rings. The van der Waals surface area contributed by atoms with E-state index >= 15 is 0 Å². The summed E-state index contributed by atoms with van der Waals surface area (Å²) in [5, 5.41) is 0. The Hall–Kier alpha value is -1.19. The molecule has 0 saturated carbocycles. The van der Waals surface area contributed by atoms with Crippen molar-refractivity contribution in [3.8, 4) is 11.1 Å². The van der Waals surface area contributed by atoms with Gasteiger partial charge in [-0.3, -0.25) is 0 Å². The molecule has 0 bridgehead atoms. The molecule has 3 N–H and O–H groups in total. The Labute approximate surface area is 117 Å². The second kappa shape index (κ2) is 5.43. The third-order valence-electron chi connectivity index (χ3n) is 2.47.